The zero-order valence-electron chi connectivity index (χ0n) is 20.8. The number of piperazine rings is 1. The van der Waals surface area contributed by atoms with Crippen LogP contribution < -0.4 is 10.1 Å². The molecule has 2 aliphatic heterocycles. The van der Waals surface area contributed by atoms with Gasteiger partial charge in [0.2, 0.25) is 5.88 Å². The summed E-state index contributed by atoms with van der Waals surface area (Å²) in [4.78, 5) is 24.0. The molecule has 0 radical (unpaired) electrons. The minimum Gasteiger partial charge on any atom is -0.475 e. The van der Waals surface area contributed by atoms with E-state index in [1.54, 1.807) is 25.3 Å². The van der Waals surface area contributed by atoms with Gasteiger partial charge in [0.15, 0.2) is 0 Å². The second-order valence-corrected chi connectivity index (χ2v) is 10.3. The second kappa shape index (κ2) is 13.4. The third kappa shape index (κ3) is 7.95. The molecular formula is C26H35Cl2N5O3. The lowest BCUT2D eigenvalue weighted by molar-refractivity contribution is 0.0984. The first kappa shape index (κ1) is 26.9. The van der Waals surface area contributed by atoms with Crippen molar-refractivity contribution >= 4 is 34.9 Å². The van der Waals surface area contributed by atoms with Crippen LogP contribution in [0.15, 0.2) is 36.5 Å². The Morgan fingerprint density at radius 3 is 2.61 bits per heavy atom. The number of hydrogen-bond donors (Lipinski definition) is 1. The summed E-state index contributed by atoms with van der Waals surface area (Å²) in [5.41, 5.74) is 1.86. The van der Waals surface area contributed by atoms with Crippen LogP contribution in [0.3, 0.4) is 0 Å². The van der Waals surface area contributed by atoms with Crippen molar-refractivity contribution in [1.82, 2.24) is 19.7 Å². The largest absolute Gasteiger partial charge is 0.475 e. The molecule has 2 aromatic rings. The molecule has 2 saturated heterocycles. The van der Waals surface area contributed by atoms with E-state index < -0.39 is 0 Å². The number of likely N-dealkylation sites (tertiary alicyclic amines) is 1. The van der Waals surface area contributed by atoms with E-state index in [1.807, 2.05) is 17.2 Å². The van der Waals surface area contributed by atoms with Crippen LogP contribution >= 0.6 is 23.2 Å². The fourth-order valence-electron chi connectivity index (χ4n) is 4.80. The van der Waals surface area contributed by atoms with E-state index in [9.17, 15) is 4.79 Å². The lowest BCUT2D eigenvalue weighted by atomic mass is 9.96. The van der Waals surface area contributed by atoms with Crippen LogP contribution in [0.5, 0.6) is 5.88 Å². The third-order valence-electron chi connectivity index (χ3n) is 6.69. The lowest BCUT2D eigenvalue weighted by Crippen LogP contribution is -2.52. The number of ether oxygens (including phenoxy) is 2. The highest BCUT2D eigenvalue weighted by Gasteiger charge is 2.26. The van der Waals surface area contributed by atoms with Crippen LogP contribution in [-0.2, 0) is 11.3 Å². The molecule has 2 aliphatic rings. The first-order valence-electron chi connectivity index (χ1n) is 12.5. The van der Waals surface area contributed by atoms with Crippen molar-refractivity contribution in [2.75, 3.05) is 71.5 Å². The number of aromatic nitrogens is 1. The number of halogens is 2. The van der Waals surface area contributed by atoms with Gasteiger partial charge in [-0.1, -0.05) is 29.3 Å². The Hall–Kier alpha value is -2.10. The standard InChI is InChI=1S/C26H35Cl2N5O3/c1-35-13-14-36-25-7-4-20(16-29-25)17-32-8-2-3-21(19-32)18-31-9-11-33(12-10-31)26(34)30-22-5-6-23(27)24(28)15-22/h4-7,15-16,21H,2-3,8-14,17-19H2,1H3,(H,30,34)/t21-/m0/s1. The Morgan fingerprint density at radius 1 is 1.06 bits per heavy atom. The van der Waals surface area contributed by atoms with Gasteiger partial charge in [0, 0.05) is 70.9 Å². The van der Waals surface area contributed by atoms with Gasteiger partial charge in [-0.15, -0.1) is 0 Å². The average Bonchev–Trinajstić information content (AvgIpc) is 2.88. The Balaban J connectivity index is 1.18. The maximum atomic E-state index is 12.7. The number of anilines is 1. The average molecular weight is 537 g/mol. The number of hydrogen-bond acceptors (Lipinski definition) is 6. The molecule has 0 aliphatic carbocycles. The number of rotatable bonds is 9. The highest BCUT2D eigenvalue weighted by Crippen LogP contribution is 2.25. The highest BCUT2D eigenvalue weighted by atomic mass is 35.5. The lowest BCUT2D eigenvalue weighted by Gasteiger charge is -2.39. The summed E-state index contributed by atoms with van der Waals surface area (Å²) in [6.45, 7) is 8.46. The number of methoxy groups -OCH3 is 1. The van der Waals surface area contributed by atoms with E-state index in [0.717, 1.165) is 39.3 Å². The zero-order chi connectivity index (χ0) is 25.3. The molecule has 4 rings (SSSR count). The zero-order valence-corrected chi connectivity index (χ0v) is 22.3. The minimum atomic E-state index is -0.0967. The number of nitrogens with one attached hydrogen (secondary N) is 1. The molecule has 196 valence electrons. The van der Waals surface area contributed by atoms with Crippen LogP contribution in [0.4, 0.5) is 10.5 Å². The minimum absolute atomic E-state index is 0.0967. The Bertz CT molecular complexity index is 986. The van der Waals surface area contributed by atoms with Crippen molar-refractivity contribution < 1.29 is 14.3 Å². The Labute approximate surface area is 223 Å². The van der Waals surface area contributed by atoms with Gasteiger partial charge in [-0.25, -0.2) is 9.78 Å². The molecule has 1 aromatic heterocycles. The van der Waals surface area contributed by atoms with E-state index in [0.29, 0.717) is 53.8 Å². The number of amides is 2. The summed E-state index contributed by atoms with van der Waals surface area (Å²) in [6, 6.07) is 9.06. The molecule has 1 N–H and O–H groups in total. The summed E-state index contributed by atoms with van der Waals surface area (Å²) in [6.07, 6.45) is 4.37. The van der Waals surface area contributed by atoms with Crippen molar-refractivity contribution in [3.63, 3.8) is 0 Å². The van der Waals surface area contributed by atoms with E-state index >= 15 is 0 Å². The summed E-state index contributed by atoms with van der Waals surface area (Å²) >= 11 is 12.0. The first-order valence-corrected chi connectivity index (χ1v) is 13.3. The smallest absolute Gasteiger partial charge is 0.321 e. The van der Waals surface area contributed by atoms with Gasteiger partial charge in [0.05, 0.1) is 16.7 Å². The molecule has 1 aromatic carbocycles. The SMILES string of the molecule is COCCOc1ccc(CN2CCC[C@@H](CN3CCN(C(=O)Nc4ccc(Cl)c(Cl)c4)CC3)C2)cn1. The predicted octanol–water partition coefficient (Wildman–Crippen LogP) is 4.48. The summed E-state index contributed by atoms with van der Waals surface area (Å²) < 4.78 is 10.6. The summed E-state index contributed by atoms with van der Waals surface area (Å²) in [5, 5.41) is 3.83. The number of carbonyl (C=O) groups excluding carboxylic acids is 1. The van der Waals surface area contributed by atoms with Gasteiger partial charge in [-0.2, -0.15) is 0 Å². The van der Waals surface area contributed by atoms with Gasteiger partial charge in [0.1, 0.15) is 6.61 Å². The molecule has 0 bridgehead atoms. The van der Waals surface area contributed by atoms with Gasteiger partial charge in [-0.05, 0) is 49.1 Å². The van der Waals surface area contributed by atoms with Crippen LogP contribution in [0.25, 0.3) is 0 Å². The fraction of sp³-hybridized carbons (Fsp3) is 0.538. The second-order valence-electron chi connectivity index (χ2n) is 9.44. The molecule has 0 unspecified atom stereocenters. The molecular weight excluding hydrogens is 501 g/mol. The molecule has 2 amide bonds. The molecule has 3 heterocycles. The molecule has 36 heavy (non-hydrogen) atoms. The maximum absolute atomic E-state index is 12.7. The van der Waals surface area contributed by atoms with Crippen molar-refractivity contribution in [3.05, 3.63) is 52.1 Å². The van der Waals surface area contributed by atoms with E-state index in [2.05, 4.69) is 26.2 Å². The molecule has 0 saturated carbocycles. The van der Waals surface area contributed by atoms with Gasteiger partial charge < -0.3 is 19.7 Å². The van der Waals surface area contributed by atoms with E-state index in [4.69, 9.17) is 32.7 Å². The normalized spacial score (nSPS) is 19.3. The van der Waals surface area contributed by atoms with E-state index in [1.165, 1.54) is 18.4 Å². The van der Waals surface area contributed by atoms with Gasteiger partial charge >= 0.3 is 6.03 Å². The number of nitrogens with zero attached hydrogens (tertiary/aromatic N) is 4. The molecule has 0 spiro atoms. The third-order valence-corrected chi connectivity index (χ3v) is 7.43. The number of benzene rings is 1. The van der Waals surface area contributed by atoms with Crippen molar-refractivity contribution in [2.24, 2.45) is 5.92 Å². The number of piperidine rings is 1. The first-order chi connectivity index (χ1) is 17.5. The van der Waals surface area contributed by atoms with Crippen LogP contribution in [0, 0.1) is 5.92 Å². The monoisotopic (exact) mass is 535 g/mol. The molecule has 2 fully saturated rings. The summed E-state index contributed by atoms with van der Waals surface area (Å²) in [7, 11) is 1.66. The van der Waals surface area contributed by atoms with E-state index in [-0.39, 0.29) is 6.03 Å². The highest BCUT2D eigenvalue weighted by molar-refractivity contribution is 6.42. The summed E-state index contributed by atoms with van der Waals surface area (Å²) in [5.74, 6) is 1.28. The molecule has 8 nitrogen and oxygen atoms in total. The molecule has 10 heteroatoms. The topological polar surface area (TPSA) is 70.2 Å². The fourth-order valence-corrected chi connectivity index (χ4v) is 5.09. The van der Waals surface area contributed by atoms with Crippen molar-refractivity contribution in [3.8, 4) is 5.88 Å². The van der Waals surface area contributed by atoms with Crippen LogP contribution in [0.2, 0.25) is 10.0 Å². The Kier molecular flexibility index (Phi) is 10.1. The van der Waals surface area contributed by atoms with Gasteiger partial charge in [0.25, 0.3) is 0 Å². The number of pyridine rings is 1. The van der Waals surface area contributed by atoms with Crippen LogP contribution in [0.1, 0.15) is 18.4 Å². The maximum Gasteiger partial charge on any atom is 0.321 e. The predicted molar refractivity (Wildman–Crippen MR) is 143 cm³/mol. The number of carbonyl (C=O) groups is 1. The van der Waals surface area contributed by atoms with Gasteiger partial charge in [-0.3, -0.25) is 9.80 Å². The Morgan fingerprint density at radius 2 is 1.89 bits per heavy atom. The van der Waals surface area contributed by atoms with Crippen molar-refractivity contribution in [1.29, 1.82) is 0 Å². The van der Waals surface area contributed by atoms with Crippen molar-refractivity contribution in [2.45, 2.75) is 19.4 Å². The number of urea groups is 1. The quantitative estimate of drug-likeness (QED) is 0.477. The molecule has 1 atom stereocenters. The van der Waals surface area contributed by atoms with Crippen LogP contribution in [-0.4, -0.2) is 91.9 Å².